The maximum Gasteiger partial charge on any atom is 0.294 e. The molecule has 0 saturated heterocycles. The summed E-state index contributed by atoms with van der Waals surface area (Å²) >= 11 is 1.72. The van der Waals surface area contributed by atoms with Gasteiger partial charge in [0.25, 0.3) is 5.56 Å². The van der Waals surface area contributed by atoms with E-state index in [0.29, 0.717) is 11.3 Å². The van der Waals surface area contributed by atoms with Crippen LogP contribution >= 0.6 is 11.3 Å². The van der Waals surface area contributed by atoms with Crippen molar-refractivity contribution in [3.63, 3.8) is 0 Å². The van der Waals surface area contributed by atoms with Gasteiger partial charge in [-0.2, -0.15) is 10.1 Å². The highest BCUT2D eigenvalue weighted by Crippen LogP contribution is 2.37. The second-order valence-electron chi connectivity index (χ2n) is 4.55. The van der Waals surface area contributed by atoms with Crippen molar-refractivity contribution in [1.82, 2.24) is 19.6 Å². The van der Waals surface area contributed by atoms with Crippen molar-refractivity contribution in [3.05, 3.63) is 32.8 Å². The Morgan fingerprint density at radius 2 is 2.28 bits per heavy atom. The molecule has 3 aromatic heterocycles. The highest BCUT2D eigenvalue weighted by atomic mass is 32.1. The predicted molar refractivity (Wildman–Crippen MR) is 69.2 cm³/mol. The summed E-state index contributed by atoms with van der Waals surface area (Å²) in [7, 11) is 0. The molecular formula is C12H10N4OS. The third-order valence-electron chi connectivity index (χ3n) is 3.40. The lowest BCUT2D eigenvalue weighted by molar-refractivity contribution is 0.832. The Labute approximate surface area is 106 Å². The van der Waals surface area contributed by atoms with Gasteiger partial charge in [-0.25, -0.2) is 9.50 Å². The van der Waals surface area contributed by atoms with Crippen molar-refractivity contribution in [3.8, 4) is 0 Å². The lowest BCUT2D eigenvalue weighted by atomic mass is 10.2. The zero-order valence-corrected chi connectivity index (χ0v) is 10.6. The Hall–Kier alpha value is -1.82. The molecule has 0 radical (unpaired) electrons. The van der Waals surface area contributed by atoms with E-state index in [9.17, 15) is 4.79 Å². The fourth-order valence-electron chi connectivity index (χ4n) is 2.55. The first kappa shape index (κ1) is 10.1. The van der Waals surface area contributed by atoms with E-state index in [2.05, 4.69) is 15.1 Å². The Bertz CT molecular complexity index is 849. The lowest BCUT2D eigenvalue weighted by Crippen LogP contribution is -2.16. The molecule has 0 aromatic carbocycles. The number of fused-ring (bicyclic) bond motifs is 5. The first-order valence-electron chi connectivity index (χ1n) is 5.90. The minimum atomic E-state index is -0.250. The minimum Gasteiger partial charge on any atom is -0.265 e. The zero-order chi connectivity index (χ0) is 12.3. The van der Waals surface area contributed by atoms with Crippen LogP contribution in [0.25, 0.3) is 15.9 Å². The van der Waals surface area contributed by atoms with Crippen LogP contribution < -0.4 is 5.56 Å². The van der Waals surface area contributed by atoms with Crippen LogP contribution in [0, 0.1) is 6.92 Å². The molecule has 18 heavy (non-hydrogen) atoms. The molecule has 0 N–H and O–H groups in total. The van der Waals surface area contributed by atoms with E-state index in [0.717, 1.165) is 23.1 Å². The predicted octanol–water partition coefficient (Wildman–Crippen LogP) is 1.50. The molecule has 5 nitrogen and oxygen atoms in total. The summed E-state index contributed by atoms with van der Waals surface area (Å²) in [6.07, 6.45) is 5.00. The average Bonchev–Trinajstić information content (AvgIpc) is 2.90. The maximum absolute atomic E-state index is 11.7. The smallest absolute Gasteiger partial charge is 0.265 e. The van der Waals surface area contributed by atoms with Crippen LogP contribution in [0.1, 0.15) is 22.6 Å². The third kappa shape index (κ3) is 1.21. The molecule has 0 fully saturated rings. The van der Waals surface area contributed by atoms with Gasteiger partial charge >= 0.3 is 0 Å². The van der Waals surface area contributed by atoms with E-state index < -0.39 is 0 Å². The Morgan fingerprint density at radius 3 is 3.17 bits per heavy atom. The van der Waals surface area contributed by atoms with Gasteiger partial charge in [0.15, 0.2) is 5.65 Å². The molecule has 0 aliphatic heterocycles. The first-order valence-corrected chi connectivity index (χ1v) is 6.72. The third-order valence-corrected chi connectivity index (χ3v) is 4.60. The number of nitrogens with zero attached hydrogens (tertiary/aromatic N) is 4. The van der Waals surface area contributed by atoms with Crippen LogP contribution in [0.5, 0.6) is 0 Å². The summed E-state index contributed by atoms with van der Waals surface area (Å²) in [4.78, 5) is 22.6. The second-order valence-corrected chi connectivity index (χ2v) is 5.64. The lowest BCUT2D eigenvalue weighted by Gasteiger charge is -2.02. The van der Waals surface area contributed by atoms with Gasteiger partial charge in [-0.15, -0.1) is 11.3 Å². The van der Waals surface area contributed by atoms with Crippen LogP contribution in [-0.2, 0) is 12.8 Å². The van der Waals surface area contributed by atoms with E-state index in [1.165, 1.54) is 16.9 Å². The van der Waals surface area contributed by atoms with Crippen molar-refractivity contribution < 1.29 is 0 Å². The normalized spacial score (nSPS) is 14.5. The standard InChI is InChI=1S/C12H10N4OS/c1-6-11(17)14-10-9-7-3-2-4-8(7)18-12(9)13-5-16(10)15-6/h5H,2-4H2,1H3. The highest BCUT2D eigenvalue weighted by Gasteiger charge is 2.21. The number of hydrogen-bond acceptors (Lipinski definition) is 5. The van der Waals surface area contributed by atoms with Crippen LogP contribution in [-0.4, -0.2) is 19.6 Å². The largest absolute Gasteiger partial charge is 0.294 e. The summed E-state index contributed by atoms with van der Waals surface area (Å²) < 4.78 is 1.62. The van der Waals surface area contributed by atoms with Gasteiger partial charge in [-0.3, -0.25) is 4.79 Å². The van der Waals surface area contributed by atoms with Gasteiger partial charge in [0.2, 0.25) is 0 Å². The minimum absolute atomic E-state index is 0.250. The topological polar surface area (TPSA) is 60.1 Å². The van der Waals surface area contributed by atoms with Crippen molar-refractivity contribution in [1.29, 1.82) is 0 Å². The van der Waals surface area contributed by atoms with Crippen molar-refractivity contribution in [2.45, 2.75) is 26.2 Å². The average molecular weight is 258 g/mol. The van der Waals surface area contributed by atoms with Crippen molar-refractivity contribution >= 4 is 27.2 Å². The second kappa shape index (κ2) is 3.35. The molecule has 3 aromatic rings. The van der Waals surface area contributed by atoms with Crippen LogP contribution in [0.4, 0.5) is 0 Å². The van der Waals surface area contributed by atoms with Crippen LogP contribution in [0.15, 0.2) is 11.1 Å². The Kier molecular flexibility index (Phi) is 1.89. The number of aryl methyl sites for hydroxylation is 3. The maximum atomic E-state index is 11.7. The van der Waals surface area contributed by atoms with Gasteiger partial charge in [0.05, 0.1) is 5.39 Å². The summed E-state index contributed by atoms with van der Waals surface area (Å²) in [5, 5.41) is 5.24. The SMILES string of the molecule is Cc1nn2cnc3sc4c(c3c2nc1=O)CCC4. The zero-order valence-electron chi connectivity index (χ0n) is 9.80. The van der Waals surface area contributed by atoms with E-state index >= 15 is 0 Å². The first-order chi connectivity index (χ1) is 8.74. The van der Waals surface area contributed by atoms with Crippen LogP contribution in [0.3, 0.4) is 0 Å². The summed E-state index contributed by atoms with van der Waals surface area (Å²) in [5.41, 5.74) is 2.12. The Morgan fingerprint density at radius 1 is 1.39 bits per heavy atom. The molecular weight excluding hydrogens is 248 g/mol. The van der Waals surface area contributed by atoms with E-state index in [1.807, 2.05) is 0 Å². The molecule has 1 aliphatic rings. The molecule has 0 bridgehead atoms. The van der Waals surface area contributed by atoms with Gasteiger partial charge in [0.1, 0.15) is 16.9 Å². The number of hydrogen-bond donors (Lipinski definition) is 0. The fourth-order valence-corrected chi connectivity index (χ4v) is 3.77. The summed E-state index contributed by atoms with van der Waals surface area (Å²) in [6.45, 7) is 1.67. The molecule has 0 saturated carbocycles. The molecule has 0 spiro atoms. The molecule has 90 valence electrons. The number of rotatable bonds is 0. The van der Waals surface area contributed by atoms with Gasteiger partial charge in [0, 0.05) is 4.88 Å². The quantitative estimate of drug-likeness (QED) is 0.613. The van der Waals surface area contributed by atoms with Crippen LogP contribution in [0.2, 0.25) is 0 Å². The highest BCUT2D eigenvalue weighted by molar-refractivity contribution is 7.19. The summed E-state index contributed by atoms with van der Waals surface area (Å²) in [5.74, 6) is 0. The summed E-state index contributed by atoms with van der Waals surface area (Å²) in [6, 6.07) is 0. The molecule has 0 amide bonds. The molecule has 1 aliphatic carbocycles. The molecule has 3 heterocycles. The van der Waals surface area contributed by atoms with E-state index in [-0.39, 0.29) is 5.56 Å². The number of thiophene rings is 1. The molecule has 0 unspecified atom stereocenters. The Balaban J connectivity index is 2.26. The van der Waals surface area contributed by atoms with Gasteiger partial charge in [-0.05, 0) is 31.7 Å². The van der Waals surface area contributed by atoms with Crippen molar-refractivity contribution in [2.75, 3.05) is 0 Å². The molecule has 6 heteroatoms. The molecule has 4 rings (SSSR count). The number of aromatic nitrogens is 4. The van der Waals surface area contributed by atoms with Crippen molar-refractivity contribution in [2.24, 2.45) is 0 Å². The van der Waals surface area contributed by atoms with E-state index in [1.54, 1.807) is 29.1 Å². The van der Waals surface area contributed by atoms with Gasteiger partial charge in [-0.1, -0.05) is 0 Å². The fraction of sp³-hybridized carbons (Fsp3) is 0.333. The molecule has 0 atom stereocenters. The monoisotopic (exact) mass is 258 g/mol. The van der Waals surface area contributed by atoms with E-state index in [4.69, 9.17) is 0 Å². The van der Waals surface area contributed by atoms with Gasteiger partial charge < -0.3 is 0 Å².